The second-order valence-corrected chi connectivity index (χ2v) is 4.96. The van der Waals surface area contributed by atoms with Crippen molar-refractivity contribution < 1.29 is 31.1 Å². The molecule has 3 aromatic heterocycles. The molecule has 0 saturated carbocycles. The number of pyridine rings is 2. The van der Waals surface area contributed by atoms with Crippen LogP contribution < -0.4 is 4.74 Å². The van der Waals surface area contributed by atoms with Crippen LogP contribution in [0, 0.1) is 0 Å². The Bertz CT molecular complexity index is 885. The van der Waals surface area contributed by atoms with Crippen LogP contribution in [-0.4, -0.2) is 32.4 Å². The third-order valence-corrected chi connectivity index (χ3v) is 3.11. The van der Waals surface area contributed by atoms with E-state index in [1.165, 1.54) is 36.7 Å². The van der Waals surface area contributed by atoms with E-state index in [9.17, 15) is 26.3 Å². The summed E-state index contributed by atoms with van der Waals surface area (Å²) in [6.45, 7) is -1.49. The van der Waals surface area contributed by atoms with Gasteiger partial charge in [-0.05, 0) is 18.2 Å². The molecule has 0 unspecified atom stereocenters. The molecule has 3 aromatic rings. The smallest absolute Gasteiger partial charge is 0.452 e. The zero-order valence-electron chi connectivity index (χ0n) is 12.1. The minimum atomic E-state index is -4.68. The number of ether oxygens (including phenoxy) is 1. The zero-order valence-corrected chi connectivity index (χ0v) is 12.1. The molecule has 0 N–H and O–H groups in total. The molecule has 132 valence electrons. The summed E-state index contributed by atoms with van der Waals surface area (Å²) in [6, 6.07) is 5.42. The van der Waals surface area contributed by atoms with Crippen molar-refractivity contribution >= 4 is 5.65 Å². The van der Waals surface area contributed by atoms with Gasteiger partial charge in [-0.25, -0.2) is 4.98 Å². The molecule has 0 spiro atoms. The fraction of sp³-hybridized carbons (Fsp3) is 0.214. The Kier molecular flexibility index (Phi) is 4.01. The lowest BCUT2D eigenvalue weighted by Gasteiger charge is -2.09. The van der Waals surface area contributed by atoms with E-state index in [-0.39, 0.29) is 11.5 Å². The first kappa shape index (κ1) is 17.0. The average Bonchev–Trinajstić information content (AvgIpc) is 2.96. The van der Waals surface area contributed by atoms with E-state index < -0.39 is 24.8 Å². The quantitative estimate of drug-likeness (QED) is 0.666. The normalized spacial score (nSPS) is 12.6. The van der Waals surface area contributed by atoms with Gasteiger partial charge in [0.05, 0.1) is 0 Å². The summed E-state index contributed by atoms with van der Waals surface area (Å²) in [5, 5.41) is 6.54. The third-order valence-electron chi connectivity index (χ3n) is 3.11. The van der Waals surface area contributed by atoms with Gasteiger partial charge >= 0.3 is 12.4 Å². The van der Waals surface area contributed by atoms with Crippen LogP contribution in [0.1, 0.15) is 5.82 Å². The molecule has 0 aliphatic carbocycles. The van der Waals surface area contributed by atoms with Gasteiger partial charge in [-0.1, -0.05) is 0 Å². The highest BCUT2D eigenvalue weighted by molar-refractivity contribution is 5.64. The Morgan fingerprint density at radius 3 is 2.24 bits per heavy atom. The maximum Gasteiger partial charge on any atom is 0.452 e. The molecule has 3 rings (SSSR count). The van der Waals surface area contributed by atoms with Crippen molar-refractivity contribution in [3.63, 3.8) is 0 Å². The van der Waals surface area contributed by atoms with Crippen LogP contribution >= 0.6 is 0 Å². The molecule has 0 aromatic carbocycles. The van der Waals surface area contributed by atoms with Crippen LogP contribution in [0.2, 0.25) is 0 Å². The van der Waals surface area contributed by atoms with E-state index in [2.05, 4.69) is 19.9 Å². The number of hydrogen-bond acceptors (Lipinski definition) is 4. The van der Waals surface area contributed by atoms with Crippen LogP contribution in [0.5, 0.6) is 5.88 Å². The number of aromatic nitrogens is 4. The van der Waals surface area contributed by atoms with Crippen LogP contribution in [0.4, 0.5) is 26.3 Å². The lowest BCUT2D eigenvalue weighted by atomic mass is 10.1. The zero-order chi connectivity index (χ0) is 18.2. The van der Waals surface area contributed by atoms with Crippen molar-refractivity contribution in [2.45, 2.75) is 12.4 Å². The molecule has 0 radical (unpaired) electrons. The first-order chi connectivity index (χ1) is 11.6. The SMILES string of the molecule is FC(F)(F)COc1ccc(-c2ccc3nnc(C(F)(F)F)n3c2)cn1. The van der Waals surface area contributed by atoms with Crippen LogP contribution in [0.25, 0.3) is 16.8 Å². The molecule has 11 heteroatoms. The Morgan fingerprint density at radius 2 is 1.64 bits per heavy atom. The van der Waals surface area contributed by atoms with E-state index in [1.807, 2.05) is 0 Å². The topological polar surface area (TPSA) is 52.3 Å². The van der Waals surface area contributed by atoms with Crippen molar-refractivity contribution in [1.29, 1.82) is 0 Å². The molecule has 25 heavy (non-hydrogen) atoms. The van der Waals surface area contributed by atoms with E-state index >= 15 is 0 Å². The highest BCUT2D eigenvalue weighted by atomic mass is 19.4. The Hall–Kier alpha value is -2.85. The summed E-state index contributed by atoms with van der Waals surface area (Å²) in [5.41, 5.74) is 0.755. The fourth-order valence-corrected chi connectivity index (χ4v) is 2.05. The molecule has 0 bridgehead atoms. The largest absolute Gasteiger partial charge is 0.468 e. The molecule has 5 nitrogen and oxygen atoms in total. The maximum atomic E-state index is 12.9. The molecule has 0 fully saturated rings. The van der Waals surface area contributed by atoms with E-state index in [0.717, 1.165) is 4.40 Å². The molecule has 0 amide bonds. The Morgan fingerprint density at radius 1 is 0.920 bits per heavy atom. The predicted octanol–water partition coefficient (Wildman–Crippen LogP) is 3.75. The fourth-order valence-electron chi connectivity index (χ4n) is 2.05. The number of halogens is 6. The standard InChI is InChI=1S/C14H8F6N4O/c15-13(16,17)7-25-11-4-2-8(5-21-11)9-1-3-10-22-23-12(14(18,19)20)24(10)6-9/h1-6H,7H2. The molecular formula is C14H8F6N4O. The van der Waals surface area contributed by atoms with Crippen LogP contribution in [0.3, 0.4) is 0 Å². The van der Waals surface area contributed by atoms with Gasteiger partial charge in [-0.2, -0.15) is 26.3 Å². The highest BCUT2D eigenvalue weighted by Crippen LogP contribution is 2.29. The van der Waals surface area contributed by atoms with Gasteiger partial charge in [-0.15, -0.1) is 10.2 Å². The maximum absolute atomic E-state index is 12.9. The summed E-state index contributed by atoms with van der Waals surface area (Å²) in [4.78, 5) is 3.71. The number of fused-ring (bicyclic) bond motifs is 1. The van der Waals surface area contributed by atoms with Crippen molar-refractivity contribution in [2.24, 2.45) is 0 Å². The van der Waals surface area contributed by atoms with E-state index in [0.29, 0.717) is 11.1 Å². The highest BCUT2D eigenvalue weighted by Gasteiger charge is 2.36. The Labute approximate surface area is 135 Å². The number of hydrogen-bond donors (Lipinski definition) is 0. The molecule has 0 aliphatic rings. The van der Waals surface area contributed by atoms with Crippen molar-refractivity contribution in [3.8, 4) is 17.0 Å². The van der Waals surface area contributed by atoms with Crippen molar-refractivity contribution in [1.82, 2.24) is 19.6 Å². The lowest BCUT2D eigenvalue weighted by molar-refractivity contribution is -0.154. The lowest BCUT2D eigenvalue weighted by Crippen LogP contribution is -2.19. The van der Waals surface area contributed by atoms with Gasteiger partial charge < -0.3 is 4.74 Å². The van der Waals surface area contributed by atoms with Crippen LogP contribution in [0.15, 0.2) is 36.7 Å². The molecule has 3 heterocycles. The molecule has 0 atom stereocenters. The van der Waals surface area contributed by atoms with Crippen molar-refractivity contribution in [2.75, 3.05) is 6.61 Å². The average molecular weight is 362 g/mol. The van der Waals surface area contributed by atoms with Gasteiger partial charge in [0, 0.05) is 29.6 Å². The predicted molar refractivity (Wildman–Crippen MR) is 72.8 cm³/mol. The third kappa shape index (κ3) is 3.80. The first-order valence-electron chi connectivity index (χ1n) is 6.71. The molecule has 0 saturated heterocycles. The van der Waals surface area contributed by atoms with E-state index in [1.54, 1.807) is 0 Å². The number of nitrogens with zero attached hydrogens (tertiary/aromatic N) is 4. The van der Waals surface area contributed by atoms with Gasteiger partial charge in [0.1, 0.15) is 0 Å². The van der Waals surface area contributed by atoms with Crippen LogP contribution in [-0.2, 0) is 6.18 Å². The first-order valence-corrected chi connectivity index (χ1v) is 6.71. The minimum absolute atomic E-state index is 0.00849. The second-order valence-electron chi connectivity index (χ2n) is 4.96. The van der Waals surface area contributed by atoms with Gasteiger partial charge in [0.25, 0.3) is 0 Å². The molecular weight excluding hydrogens is 354 g/mol. The van der Waals surface area contributed by atoms with Gasteiger partial charge in [0.2, 0.25) is 11.7 Å². The number of rotatable bonds is 3. The monoisotopic (exact) mass is 362 g/mol. The molecule has 0 aliphatic heterocycles. The number of alkyl halides is 6. The van der Waals surface area contributed by atoms with Gasteiger partial charge in [-0.3, -0.25) is 4.40 Å². The summed E-state index contributed by atoms with van der Waals surface area (Å²) < 4.78 is 80.1. The Balaban J connectivity index is 1.89. The van der Waals surface area contributed by atoms with Gasteiger partial charge in [0.15, 0.2) is 12.3 Å². The second kappa shape index (κ2) is 5.90. The minimum Gasteiger partial charge on any atom is -0.468 e. The summed E-state index contributed by atoms with van der Waals surface area (Å²) >= 11 is 0. The van der Waals surface area contributed by atoms with E-state index in [4.69, 9.17) is 0 Å². The summed E-state index contributed by atoms with van der Waals surface area (Å²) in [7, 11) is 0. The summed E-state index contributed by atoms with van der Waals surface area (Å²) in [5.74, 6) is -1.43. The summed E-state index contributed by atoms with van der Waals surface area (Å²) in [6.07, 6.45) is -6.80. The van der Waals surface area contributed by atoms with Crippen molar-refractivity contribution in [3.05, 3.63) is 42.5 Å².